The Morgan fingerprint density at radius 1 is 1.05 bits per heavy atom. The predicted octanol–water partition coefficient (Wildman–Crippen LogP) is 2.99. The number of ketones is 1. The van der Waals surface area contributed by atoms with Crippen molar-refractivity contribution in [3.05, 3.63) is 65.9 Å². The molecule has 0 aliphatic heterocycles. The number of aromatic amines is 1. The maximum Gasteiger partial charge on any atom is 0.360 e. The van der Waals surface area contributed by atoms with E-state index in [1.54, 1.807) is 37.3 Å². The van der Waals surface area contributed by atoms with Gasteiger partial charge in [0.05, 0.1) is 5.52 Å². The Hall–Kier alpha value is -2.95. The molecular weight excluding hydrogens is 280 g/mol. The minimum Gasteiger partial charge on any atom is -0.449 e. The van der Waals surface area contributed by atoms with Gasteiger partial charge in [-0.2, -0.15) is 5.10 Å². The second-order valence-corrected chi connectivity index (χ2v) is 4.90. The Labute approximate surface area is 126 Å². The van der Waals surface area contributed by atoms with E-state index < -0.39 is 12.1 Å². The highest BCUT2D eigenvalue weighted by Gasteiger charge is 2.22. The fourth-order valence-corrected chi connectivity index (χ4v) is 2.23. The van der Waals surface area contributed by atoms with Crippen LogP contribution in [0.5, 0.6) is 0 Å². The van der Waals surface area contributed by atoms with E-state index in [1.165, 1.54) is 0 Å². The molecule has 3 aromatic rings. The first kappa shape index (κ1) is 14.0. The molecule has 0 bridgehead atoms. The number of nitrogens with one attached hydrogen (secondary N) is 1. The number of fused-ring (bicyclic) bond motifs is 1. The van der Waals surface area contributed by atoms with Gasteiger partial charge < -0.3 is 4.74 Å². The Balaban J connectivity index is 1.78. The van der Waals surface area contributed by atoms with Gasteiger partial charge in [-0.25, -0.2) is 4.79 Å². The van der Waals surface area contributed by atoms with Crippen LogP contribution in [-0.2, 0) is 4.74 Å². The van der Waals surface area contributed by atoms with E-state index >= 15 is 0 Å². The zero-order valence-corrected chi connectivity index (χ0v) is 11.9. The highest BCUT2D eigenvalue weighted by molar-refractivity contribution is 6.04. The van der Waals surface area contributed by atoms with E-state index in [4.69, 9.17) is 4.74 Å². The molecule has 22 heavy (non-hydrogen) atoms. The summed E-state index contributed by atoms with van der Waals surface area (Å²) < 4.78 is 5.25. The molecule has 1 heterocycles. The number of ether oxygens (including phenoxy) is 1. The SMILES string of the molecule is C[C@H](OC(=O)c1n[nH]c2ccccc12)C(=O)c1ccccc1. The minimum atomic E-state index is -0.870. The van der Waals surface area contributed by atoms with E-state index in [0.29, 0.717) is 10.9 Å². The van der Waals surface area contributed by atoms with Crippen LogP contribution in [0.25, 0.3) is 10.9 Å². The molecule has 1 aromatic heterocycles. The number of H-pyrrole nitrogens is 1. The molecule has 5 nitrogen and oxygen atoms in total. The number of para-hydroxylation sites is 1. The summed E-state index contributed by atoms with van der Waals surface area (Å²) in [5.41, 5.74) is 1.44. The average Bonchev–Trinajstić information content (AvgIpc) is 2.99. The number of benzene rings is 2. The van der Waals surface area contributed by atoms with E-state index in [2.05, 4.69) is 10.2 Å². The van der Waals surface area contributed by atoms with Crippen LogP contribution in [0.15, 0.2) is 54.6 Å². The number of esters is 1. The van der Waals surface area contributed by atoms with E-state index in [-0.39, 0.29) is 11.5 Å². The molecule has 5 heteroatoms. The van der Waals surface area contributed by atoms with Crippen LogP contribution >= 0.6 is 0 Å². The molecule has 2 aromatic carbocycles. The van der Waals surface area contributed by atoms with Gasteiger partial charge in [-0.1, -0.05) is 48.5 Å². The number of nitrogens with zero attached hydrogens (tertiary/aromatic N) is 1. The topological polar surface area (TPSA) is 72.0 Å². The smallest absolute Gasteiger partial charge is 0.360 e. The van der Waals surface area contributed by atoms with E-state index in [9.17, 15) is 9.59 Å². The highest BCUT2D eigenvalue weighted by atomic mass is 16.5. The normalized spacial score (nSPS) is 12.0. The summed E-state index contributed by atoms with van der Waals surface area (Å²) in [6.45, 7) is 1.56. The van der Waals surface area contributed by atoms with Gasteiger partial charge in [0.15, 0.2) is 11.8 Å². The third-order valence-electron chi connectivity index (χ3n) is 3.38. The predicted molar refractivity (Wildman–Crippen MR) is 81.7 cm³/mol. The summed E-state index contributed by atoms with van der Waals surface area (Å²) in [6, 6.07) is 16.0. The summed E-state index contributed by atoms with van der Waals surface area (Å²) in [4.78, 5) is 24.4. The van der Waals surface area contributed by atoms with Crippen LogP contribution in [0.2, 0.25) is 0 Å². The summed E-state index contributed by atoms with van der Waals surface area (Å²) in [6.07, 6.45) is -0.870. The van der Waals surface area contributed by atoms with Crippen LogP contribution in [0.3, 0.4) is 0 Å². The van der Waals surface area contributed by atoms with Gasteiger partial charge in [-0.3, -0.25) is 9.89 Å². The van der Waals surface area contributed by atoms with E-state index in [1.807, 2.05) is 24.3 Å². The molecule has 0 spiro atoms. The zero-order valence-electron chi connectivity index (χ0n) is 11.9. The number of hydrogen-bond acceptors (Lipinski definition) is 4. The van der Waals surface area contributed by atoms with Crippen molar-refractivity contribution in [2.45, 2.75) is 13.0 Å². The number of hydrogen-bond donors (Lipinski definition) is 1. The Bertz CT molecular complexity index is 824. The molecule has 0 aliphatic rings. The lowest BCUT2D eigenvalue weighted by molar-refractivity contribution is 0.0315. The minimum absolute atomic E-state index is 0.184. The van der Waals surface area contributed by atoms with E-state index in [0.717, 1.165) is 5.52 Å². The second-order valence-electron chi connectivity index (χ2n) is 4.90. The third-order valence-corrected chi connectivity index (χ3v) is 3.38. The van der Waals surface area contributed by atoms with Crippen molar-refractivity contribution in [3.8, 4) is 0 Å². The van der Waals surface area contributed by atoms with Crippen LogP contribution in [0.4, 0.5) is 0 Å². The lowest BCUT2D eigenvalue weighted by Crippen LogP contribution is -2.24. The fraction of sp³-hybridized carbons (Fsp3) is 0.118. The molecule has 1 N–H and O–H groups in total. The molecular formula is C17H14N2O3. The first-order valence-corrected chi connectivity index (χ1v) is 6.90. The summed E-state index contributed by atoms with van der Waals surface area (Å²) in [7, 11) is 0. The largest absolute Gasteiger partial charge is 0.449 e. The molecule has 0 saturated carbocycles. The van der Waals surface area contributed by atoms with Gasteiger partial charge in [0.2, 0.25) is 5.78 Å². The molecule has 110 valence electrons. The molecule has 0 radical (unpaired) electrons. The summed E-state index contributed by atoms with van der Waals surface area (Å²) in [5.74, 6) is -0.858. The highest BCUT2D eigenvalue weighted by Crippen LogP contribution is 2.17. The van der Waals surface area contributed by atoms with Crippen molar-refractivity contribution in [1.82, 2.24) is 10.2 Å². The summed E-state index contributed by atoms with van der Waals surface area (Å²) in [5, 5.41) is 7.41. The van der Waals surface area contributed by atoms with Crippen LogP contribution in [0, 0.1) is 0 Å². The quantitative estimate of drug-likeness (QED) is 0.593. The molecule has 0 saturated heterocycles. The number of Topliss-reactive ketones (excluding diaryl/α,β-unsaturated/α-hetero) is 1. The van der Waals surface area contributed by atoms with Crippen molar-refractivity contribution in [2.75, 3.05) is 0 Å². The van der Waals surface area contributed by atoms with Gasteiger partial charge in [0.25, 0.3) is 0 Å². The number of rotatable bonds is 4. The average molecular weight is 294 g/mol. The van der Waals surface area contributed by atoms with Gasteiger partial charge in [-0.15, -0.1) is 0 Å². The van der Waals surface area contributed by atoms with Gasteiger partial charge in [0, 0.05) is 10.9 Å². The number of aromatic nitrogens is 2. The molecule has 0 unspecified atom stereocenters. The third kappa shape index (κ3) is 2.61. The maximum absolute atomic E-state index is 12.2. The molecule has 0 fully saturated rings. The number of carbonyl (C=O) groups is 2. The van der Waals surface area contributed by atoms with Crippen molar-refractivity contribution in [3.63, 3.8) is 0 Å². The molecule has 1 atom stereocenters. The molecule has 3 rings (SSSR count). The monoisotopic (exact) mass is 294 g/mol. The fourth-order valence-electron chi connectivity index (χ4n) is 2.23. The number of carbonyl (C=O) groups excluding carboxylic acids is 2. The lowest BCUT2D eigenvalue weighted by Gasteiger charge is -2.11. The Morgan fingerprint density at radius 2 is 1.73 bits per heavy atom. The first-order chi connectivity index (χ1) is 10.7. The first-order valence-electron chi connectivity index (χ1n) is 6.90. The van der Waals surface area contributed by atoms with Crippen molar-refractivity contribution in [2.24, 2.45) is 0 Å². The van der Waals surface area contributed by atoms with Crippen molar-refractivity contribution >= 4 is 22.7 Å². The molecule has 0 amide bonds. The van der Waals surface area contributed by atoms with Crippen molar-refractivity contribution in [1.29, 1.82) is 0 Å². The Kier molecular flexibility index (Phi) is 3.70. The van der Waals surface area contributed by atoms with Crippen LogP contribution < -0.4 is 0 Å². The standard InChI is InChI=1S/C17H14N2O3/c1-11(16(20)12-7-3-2-4-8-12)22-17(21)15-13-9-5-6-10-14(13)18-19-15/h2-11H,1H3,(H,18,19)/t11-/m0/s1. The van der Waals surface area contributed by atoms with Gasteiger partial charge in [0.1, 0.15) is 0 Å². The Morgan fingerprint density at radius 3 is 2.50 bits per heavy atom. The van der Waals surface area contributed by atoms with Gasteiger partial charge >= 0.3 is 5.97 Å². The summed E-state index contributed by atoms with van der Waals surface area (Å²) >= 11 is 0. The van der Waals surface area contributed by atoms with Crippen LogP contribution in [0.1, 0.15) is 27.8 Å². The van der Waals surface area contributed by atoms with Crippen molar-refractivity contribution < 1.29 is 14.3 Å². The zero-order chi connectivity index (χ0) is 15.5. The maximum atomic E-state index is 12.2. The second kappa shape index (κ2) is 5.81. The van der Waals surface area contributed by atoms with Crippen LogP contribution in [-0.4, -0.2) is 28.1 Å². The molecule has 0 aliphatic carbocycles. The van der Waals surface area contributed by atoms with Gasteiger partial charge in [-0.05, 0) is 13.0 Å². The lowest BCUT2D eigenvalue weighted by atomic mass is 10.1.